The Morgan fingerprint density at radius 3 is 2.31 bits per heavy atom. The van der Waals surface area contributed by atoms with Crippen LogP contribution in [0.1, 0.15) is 39.8 Å². The van der Waals surface area contributed by atoms with Crippen molar-refractivity contribution < 1.29 is 4.79 Å². The van der Waals surface area contributed by atoms with E-state index in [2.05, 4.69) is 23.2 Å². The lowest BCUT2D eigenvalue weighted by Crippen LogP contribution is -2.16. The topological polar surface area (TPSA) is 47.8 Å². The van der Waals surface area contributed by atoms with E-state index in [0.717, 1.165) is 33.4 Å². The third-order valence-electron chi connectivity index (χ3n) is 4.57. The molecule has 0 fully saturated rings. The van der Waals surface area contributed by atoms with Crippen LogP contribution < -0.4 is 0 Å². The normalized spacial score (nSPS) is 12.2. The zero-order chi connectivity index (χ0) is 18.8. The molecule has 5 heteroatoms. The summed E-state index contributed by atoms with van der Waals surface area (Å²) in [6.07, 6.45) is 0. The van der Waals surface area contributed by atoms with E-state index in [9.17, 15) is 4.79 Å². The third-order valence-corrected chi connectivity index (χ3v) is 5.61. The average Bonchev–Trinajstić information content (AvgIpc) is 2.98. The number of nitrogens with zero attached hydrogens (tertiary/aromatic N) is 3. The van der Waals surface area contributed by atoms with Crippen LogP contribution >= 0.6 is 11.8 Å². The minimum Gasteiger partial charge on any atom is -0.293 e. The largest absolute Gasteiger partial charge is 0.293 e. The minimum atomic E-state index is -0.248. The molecule has 0 saturated carbocycles. The summed E-state index contributed by atoms with van der Waals surface area (Å²) in [5.74, 6) is 0.927. The van der Waals surface area contributed by atoms with Crippen LogP contribution in [0.15, 0.2) is 47.6 Å². The van der Waals surface area contributed by atoms with Crippen molar-refractivity contribution in [3.05, 3.63) is 70.5 Å². The van der Waals surface area contributed by atoms with Crippen LogP contribution in [0.4, 0.5) is 0 Å². The predicted molar refractivity (Wildman–Crippen MR) is 106 cm³/mol. The van der Waals surface area contributed by atoms with E-state index in [0.29, 0.717) is 0 Å². The van der Waals surface area contributed by atoms with E-state index in [1.165, 1.54) is 17.3 Å². The molecule has 0 aliphatic heterocycles. The molecular weight excluding hydrogens is 342 g/mol. The molecule has 3 aromatic rings. The van der Waals surface area contributed by atoms with Gasteiger partial charge in [0, 0.05) is 11.3 Å². The lowest BCUT2D eigenvalue weighted by atomic mass is 9.97. The molecule has 1 aromatic heterocycles. The molecule has 0 spiro atoms. The number of rotatable bonds is 5. The summed E-state index contributed by atoms with van der Waals surface area (Å²) < 4.78 is 1.99. The van der Waals surface area contributed by atoms with Gasteiger partial charge in [0.25, 0.3) is 0 Å². The third kappa shape index (κ3) is 3.58. The Kier molecular flexibility index (Phi) is 5.28. The quantitative estimate of drug-likeness (QED) is 0.478. The van der Waals surface area contributed by atoms with Crippen molar-refractivity contribution in [3.8, 4) is 5.69 Å². The predicted octanol–water partition coefficient (Wildman–Crippen LogP) is 4.86. The van der Waals surface area contributed by atoms with E-state index in [1.54, 1.807) is 0 Å². The molecule has 1 unspecified atom stereocenters. The van der Waals surface area contributed by atoms with Gasteiger partial charge >= 0.3 is 0 Å². The molecule has 4 nitrogen and oxygen atoms in total. The van der Waals surface area contributed by atoms with Gasteiger partial charge in [0.15, 0.2) is 10.9 Å². The maximum atomic E-state index is 13.0. The van der Waals surface area contributed by atoms with Gasteiger partial charge in [-0.1, -0.05) is 36.0 Å². The van der Waals surface area contributed by atoms with Gasteiger partial charge in [-0.05, 0) is 69.5 Å². The summed E-state index contributed by atoms with van der Waals surface area (Å²) in [5, 5.41) is 8.97. The number of aromatic nitrogens is 3. The van der Waals surface area contributed by atoms with Crippen LogP contribution in [0.2, 0.25) is 0 Å². The zero-order valence-corrected chi connectivity index (χ0v) is 16.6. The maximum absolute atomic E-state index is 13.0. The van der Waals surface area contributed by atoms with Gasteiger partial charge in [0.1, 0.15) is 5.82 Å². The molecule has 1 heterocycles. The fraction of sp³-hybridized carbons (Fsp3) is 0.286. The Labute approximate surface area is 158 Å². The molecule has 0 radical (unpaired) electrons. The molecule has 3 rings (SSSR count). The van der Waals surface area contributed by atoms with Crippen LogP contribution in [0.5, 0.6) is 0 Å². The van der Waals surface area contributed by atoms with Crippen molar-refractivity contribution in [3.63, 3.8) is 0 Å². The van der Waals surface area contributed by atoms with Crippen LogP contribution in [0.3, 0.4) is 0 Å². The highest BCUT2D eigenvalue weighted by atomic mass is 32.2. The highest BCUT2D eigenvalue weighted by Crippen LogP contribution is 2.28. The number of hydrogen-bond donors (Lipinski definition) is 0. The molecule has 1 atom stereocenters. The van der Waals surface area contributed by atoms with Crippen molar-refractivity contribution in [1.82, 2.24) is 14.8 Å². The summed E-state index contributed by atoms with van der Waals surface area (Å²) >= 11 is 1.45. The highest BCUT2D eigenvalue weighted by molar-refractivity contribution is 8.00. The number of benzene rings is 2. The summed E-state index contributed by atoms with van der Waals surface area (Å²) in [7, 11) is 0. The molecule has 26 heavy (non-hydrogen) atoms. The van der Waals surface area contributed by atoms with E-state index < -0.39 is 0 Å². The van der Waals surface area contributed by atoms with Crippen LogP contribution in [-0.4, -0.2) is 25.8 Å². The Hall–Kier alpha value is -2.40. The highest BCUT2D eigenvalue weighted by Gasteiger charge is 2.22. The second kappa shape index (κ2) is 7.46. The Bertz CT molecular complexity index is 947. The first kappa shape index (κ1) is 18.4. The zero-order valence-electron chi connectivity index (χ0n) is 15.8. The molecule has 2 aromatic carbocycles. The molecule has 0 bridgehead atoms. The SMILES string of the molecule is Cc1cc(C)c(C(=O)C(C)Sc2nnc(C)n2-c2ccccc2)cc1C. The number of thioether (sulfide) groups is 1. The van der Waals surface area contributed by atoms with Gasteiger partial charge in [-0.2, -0.15) is 0 Å². The molecule has 0 aliphatic rings. The standard InChI is InChI=1S/C21H23N3OS/c1-13-11-15(3)19(12-14(13)2)20(25)16(4)26-21-23-22-17(5)24(21)18-9-7-6-8-10-18/h6-12,16H,1-5H3. The van der Waals surface area contributed by atoms with Gasteiger partial charge in [-0.3, -0.25) is 9.36 Å². The number of Topliss-reactive ketones (excluding diaryl/α,β-unsaturated/α-hetero) is 1. The second-order valence-corrected chi connectivity index (χ2v) is 7.88. The minimum absolute atomic E-state index is 0.121. The molecule has 0 N–H and O–H groups in total. The average molecular weight is 366 g/mol. The van der Waals surface area contributed by atoms with Gasteiger partial charge in [0.05, 0.1) is 5.25 Å². The lowest BCUT2D eigenvalue weighted by molar-refractivity contribution is 0.0993. The number of carbonyl (C=O) groups is 1. The summed E-state index contributed by atoms with van der Waals surface area (Å²) in [6, 6.07) is 14.0. The molecule has 0 saturated heterocycles. The number of para-hydroxylation sites is 1. The summed E-state index contributed by atoms with van der Waals surface area (Å²) in [5.41, 5.74) is 5.15. The number of carbonyl (C=O) groups excluding carboxylic acids is 1. The van der Waals surface area contributed by atoms with E-state index in [1.807, 2.05) is 68.7 Å². The van der Waals surface area contributed by atoms with Crippen LogP contribution in [0.25, 0.3) is 5.69 Å². The van der Waals surface area contributed by atoms with Crippen molar-refractivity contribution in [2.45, 2.75) is 45.0 Å². The smallest absolute Gasteiger partial charge is 0.196 e. The first-order chi connectivity index (χ1) is 12.4. The maximum Gasteiger partial charge on any atom is 0.196 e. The fourth-order valence-corrected chi connectivity index (χ4v) is 3.93. The van der Waals surface area contributed by atoms with Crippen molar-refractivity contribution in [2.24, 2.45) is 0 Å². The Morgan fingerprint density at radius 2 is 1.62 bits per heavy atom. The van der Waals surface area contributed by atoms with Crippen LogP contribution in [-0.2, 0) is 0 Å². The lowest BCUT2D eigenvalue weighted by Gasteiger charge is -2.14. The summed E-state index contributed by atoms with van der Waals surface area (Å²) in [4.78, 5) is 13.0. The molecular formula is C21H23N3OS. The van der Waals surface area contributed by atoms with E-state index >= 15 is 0 Å². The molecule has 134 valence electrons. The van der Waals surface area contributed by atoms with Gasteiger partial charge < -0.3 is 0 Å². The van der Waals surface area contributed by atoms with Crippen molar-refractivity contribution in [2.75, 3.05) is 0 Å². The van der Waals surface area contributed by atoms with Crippen molar-refractivity contribution in [1.29, 1.82) is 0 Å². The second-order valence-electron chi connectivity index (χ2n) is 6.58. The summed E-state index contributed by atoms with van der Waals surface area (Å²) in [6.45, 7) is 9.96. The van der Waals surface area contributed by atoms with E-state index in [-0.39, 0.29) is 11.0 Å². The Balaban J connectivity index is 1.89. The molecule has 0 amide bonds. The first-order valence-corrected chi connectivity index (χ1v) is 9.52. The number of ketones is 1. The first-order valence-electron chi connectivity index (χ1n) is 8.64. The number of aryl methyl sites for hydroxylation is 4. The van der Waals surface area contributed by atoms with Gasteiger partial charge in [-0.25, -0.2) is 0 Å². The number of hydrogen-bond acceptors (Lipinski definition) is 4. The van der Waals surface area contributed by atoms with Gasteiger partial charge in [0.2, 0.25) is 0 Å². The van der Waals surface area contributed by atoms with Gasteiger partial charge in [-0.15, -0.1) is 10.2 Å². The molecule has 0 aliphatic carbocycles. The van der Waals surface area contributed by atoms with Crippen LogP contribution in [0, 0.1) is 27.7 Å². The monoisotopic (exact) mass is 365 g/mol. The van der Waals surface area contributed by atoms with Crippen molar-refractivity contribution >= 4 is 17.5 Å². The van der Waals surface area contributed by atoms with E-state index in [4.69, 9.17) is 0 Å². The fourth-order valence-electron chi connectivity index (χ4n) is 2.95. The Morgan fingerprint density at radius 1 is 0.962 bits per heavy atom.